The highest BCUT2D eigenvalue weighted by Crippen LogP contribution is 2.13. The van der Waals surface area contributed by atoms with Crippen LogP contribution < -0.4 is 4.74 Å². The van der Waals surface area contributed by atoms with E-state index in [1.807, 2.05) is 30.3 Å². The highest BCUT2D eigenvalue weighted by Gasteiger charge is 1.95. The largest absolute Gasteiger partial charge is 0.508 e. The second-order valence-corrected chi connectivity index (χ2v) is 5.41. The predicted octanol–water partition coefficient (Wildman–Crippen LogP) is 4.18. The summed E-state index contributed by atoms with van der Waals surface area (Å²) in [4.78, 5) is 11.8. The van der Waals surface area contributed by atoms with E-state index in [-0.39, 0.29) is 18.1 Å². The predicted molar refractivity (Wildman–Crippen MR) is 100 cm³/mol. The quantitative estimate of drug-likeness (QED) is 0.583. The van der Waals surface area contributed by atoms with Crippen molar-refractivity contribution in [2.24, 2.45) is 0 Å². The number of aromatic hydroxyl groups is 1. The molecule has 0 atom stereocenters. The van der Waals surface area contributed by atoms with Gasteiger partial charge in [0.15, 0.2) is 5.78 Å². The van der Waals surface area contributed by atoms with E-state index in [0.29, 0.717) is 0 Å². The van der Waals surface area contributed by atoms with Crippen LogP contribution in [0.2, 0.25) is 0 Å². The molecule has 0 aliphatic carbocycles. The molecule has 2 aromatic carbocycles. The van der Waals surface area contributed by atoms with Crippen LogP contribution in [-0.2, 0) is 11.2 Å². The molecule has 0 aliphatic heterocycles. The first kappa shape index (κ1) is 18.1. The number of hydrogen-bond acceptors (Lipinski definition) is 3. The third-order valence-electron chi connectivity index (χ3n) is 3.46. The van der Waals surface area contributed by atoms with Crippen LogP contribution in [0.5, 0.6) is 11.5 Å². The molecule has 0 fully saturated rings. The molecule has 3 heteroatoms. The van der Waals surface area contributed by atoms with E-state index in [2.05, 4.69) is 5.92 Å². The molecule has 2 aromatic rings. The lowest BCUT2D eigenvalue weighted by Crippen LogP contribution is -1.93. The number of terminal acetylenes is 1. The summed E-state index contributed by atoms with van der Waals surface area (Å²) >= 11 is 0. The fraction of sp³-hybridized carbons (Fsp3) is 0.136. The molecule has 0 radical (unpaired) electrons. The van der Waals surface area contributed by atoms with Gasteiger partial charge in [0.2, 0.25) is 0 Å². The minimum Gasteiger partial charge on any atom is -0.508 e. The van der Waals surface area contributed by atoms with Crippen molar-refractivity contribution in [3.8, 4) is 23.8 Å². The Hall–Kier alpha value is -3.25. The number of rotatable bonds is 8. The van der Waals surface area contributed by atoms with Gasteiger partial charge in [-0.05, 0) is 60.4 Å². The van der Waals surface area contributed by atoms with Gasteiger partial charge >= 0.3 is 0 Å². The molecule has 126 valence electrons. The maximum atomic E-state index is 11.8. The highest BCUT2D eigenvalue weighted by atomic mass is 16.5. The Bertz CT molecular complexity index is 776. The Labute approximate surface area is 148 Å². The number of carbonyl (C=O) groups excluding carboxylic acids is 1. The van der Waals surface area contributed by atoms with Gasteiger partial charge in [0.25, 0.3) is 0 Å². The van der Waals surface area contributed by atoms with Gasteiger partial charge in [0.1, 0.15) is 18.1 Å². The number of carbonyl (C=O) groups is 1. The number of aryl methyl sites for hydroxylation is 1. The SMILES string of the molecule is C#CCOc1ccc(CCC=CC(=O)C=Cc2ccc(O)cc2)cc1. The number of phenols is 1. The molecule has 0 saturated carbocycles. The van der Waals surface area contributed by atoms with Crippen LogP contribution in [0, 0.1) is 12.3 Å². The molecule has 0 heterocycles. The summed E-state index contributed by atoms with van der Waals surface area (Å²) in [7, 11) is 0. The van der Waals surface area contributed by atoms with Crippen molar-refractivity contribution in [3.05, 3.63) is 77.9 Å². The van der Waals surface area contributed by atoms with Crippen LogP contribution in [0.3, 0.4) is 0 Å². The Morgan fingerprint density at radius 1 is 1.08 bits per heavy atom. The zero-order chi connectivity index (χ0) is 17.9. The van der Waals surface area contributed by atoms with E-state index in [1.165, 1.54) is 11.6 Å². The number of allylic oxidation sites excluding steroid dienone is 3. The van der Waals surface area contributed by atoms with Crippen LogP contribution in [0.4, 0.5) is 0 Å². The lowest BCUT2D eigenvalue weighted by molar-refractivity contribution is -0.110. The molecule has 0 saturated heterocycles. The molecule has 3 nitrogen and oxygen atoms in total. The number of ether oxygens (including phenoxy) is 1. The van der Waals surface area contributed by atoms with E-state index >= 15 is 0 Å². The summed E-state index contributed by atoms with van der Waals surface area (Å²) in [5, 5.41) is 9.21. The molecule has 0 spiro atoms. The summed E-state index contributed by atoms with van der Waals surface area (Å²) < 4.78 is 5.32. The first-order chi connectivity index (χ1) is 12.2. The summed E-state index contributed by atoms with van der Waals surface area (Å²) in [6, 6.07) is 14.4. The standard InChI is InChI=1S/C22H20O3/c1-2-17-25-22-15-10-18(11-16-22)5-3-4-6-20(23)12-7-19-8-13-21(24)14-9-19/h1,4,6-16,24H,3,5,17H2. The lowest BCUT2D eigenvalue weighted by atomic mass is 10.1. The van der Waals surface area contributed by atoms with Crippen molar-refractivity contribution < 1.29 is 14.6 Å². The van der Waals surface area contributed by atoms with Gasteiger partial charge in [-0.15, -0.1) is 6.42 Å². The van der Waals surface area contributed by atoms with Crippen LogP contribution in [0.15, 0.2) is 66.8 Å². The molecule has 0 unspecified atom stereocenters. The average molecular weight is 332 g/mol. The Balaban J connectivity index is 1.75. The minimum atomic E-state index is -0.0638. The summed E-state index contributed by atoms with van der Waals surface area (Å²) in [6.45, 7) is 0.266. The van der Waals surface area contributed by atoms with Gasteiger partial charge in [-0.3, -0.25) is 4.79 Å². The first-order valence-electron chi connectivity index (χ1n) is 8.00. The van der Waals surface area contributed by atoms with Crippen molar-refractivity contribution in [3.63, 3.8) is 0 Å². The maximum absolute atomic E-state index is 11.8. The van der Waals surface area contributed by atoms with Crippen molar-refractivity contribution >= 4 is 11.9 Å². The van der Waals surface area contributed by atoms with Crippen LogP contribution in [0.25, 0.3) is 6.08 Å². The maximum Gasteiger partial charge on any atom is 0.178 e. The molecule has 0 amide bonds. The molecule has 0 bridgehead atoms. The zero-order valence-corrected chi connectivity index (χ0v) is 13.9. The van der Waals surface area contributed by atoms with Gasteiger partial charge in [-0.25, -0.2) is 0 Å². The number of phenolic OH excluding ortho intramolecular Hbond substituents is 1. The van der Waals surface area contributed by atoms with E-state index in [0.717, 1.165) is 24.2 Å². The van der Waals surface area contributed by atoms with E-state index in [4.69, 9.17) is 11.2 Å². The van der Waals surface area contributed by atoms with E-state index in [1.54, 1.807) is 36.4 Å². The second-order valence-electron chi connectivity index (χ2n) is 5.41. The molecule has 1 N–H and O–H groups in total. The fourth-order valence-corrected chi connectivity index (χ4v) is 2.15. The smallest absolute Gasteiger partial charge is 0.178 e. The third-order valence-corrected chi connectivity index (χ3v) is 3.46. The minimum absolute atomic E-state index is 0.0638. The highest BCUT2D eigenvalue weighted by molar-refractivity contribution is 6.01. The zero-order valence-electron chi connectivity index (χ0n) is 13.9. The van der Waals surface area contributed by atoms with Gasteiger partial charge in [0, 0.05) is 0 Å². The monoisotopic (exact) mass is 332 g/mol. The molecule has 0 aromatic heterocycles. The van der Waals surface area contributed by atoms with E-state index < -0.39 is 0 Å². The van der Waals surface area contributed by atoms with Gasteiger partial charge in [0.05, 0.1) is 0 Å². The third kappa shape index (κ3) is 6.80. The summed E-state index contributed by atoms with van der Waals surface area (Å²) in [6.07, 6.45) is 13.5. The van der Waals surface area contributed by atoms with Gasteiger partial charge in [-0.2, -0.15) is 0 Å². The molecular formula is C22H20O3. The Morgan fingerprint density at radius 3 is 2.48 bits per heavy atom. The molecular weight excluding hydrogens is 312 g/mol. The number of ketones is 1. The number of hydrogen-bond donors (Lipinski definition) is 1. The summed E-state index contributed by atoms with van der Waals surface area (Å²) in [5.41, 5.74) is 2.04. The molecule has 0 aliphatic rings. The molecule has 25 heavy (non-hydrogen) atoms. The fourth-order valence-electron chi connectivity index (χ4n) is 2.15. The molecule has 2 rings (SSSR count). The van der Waals surface area contributed by atoms with Crippen molar-refractivity contribution in [2.45, 2.75) is 12.8 Å². The summed E-state index contributed by atoms with van der Waals surface area (Å²) in [5.74, 6) is 3.33. The van der Waals surface area contributed by atoms with Gasteiger partial charge < -0.3 is 9.84 Å². The van der Waals surface area contributed by atoms with Gasteiger partial charge in [-0.1, -0.05) is 42.3 Å². The van der Waals surface area contributed by atoms with Crippen LogP contribution >= 0.6 is 0 Å². The van der Waals surface area contributed by atoms with Crippen LogP contribution in [0.1, 0.15) is 17.5 Å². The topological polar surface area (TPSA) is 46.5 Å². The number of benzene rings is 2. The Kier molecular flexibility index (Phi) is 7.09. The van der Waals surface area contributed by atoms with Crippen molar-refractivity contribution in [2.75, 3.05) is 6.61 Å². The second kappa shape index (κ2) is 9.79. The Morgan fingerprint density at radius 2 is 1.80 bits per heavy atom. The lowest BCUT2D eigenvalue weighted by Gasteiger charge is -2.03. The van der Waals surface area contributed by atoms with Crippen LogP contribution in [-0.4, -0.2) is 17.5 Å². The van der Waals surface area contributed by atoms with E-state index in [9.17, 15) is 9.90 Å². The van der Waals surface area contributed by atoms with Crippen molar-refractivity contribution in [1.29, 1.82) is 0 Å². The normalized spacial score (nSPS) is 10.8. The average Bonchev–Trinajstić information content (AvgIpc) is 2.64. The van der Waals surface area contributed by atoms with Crippen molar-refractivity contribution in [1.82, 2.24) is 0 Å². The first-order valence-corrected chi connectivity index (χ1v) is 8.00.